The number of hydrogen-bond acceptors (Lipinski definition) is 2. The van der Waals surface area contributed by atoms with Crippen LogP contribution in [0.4, 0.5) is 0 Å². The van der Waals surface area contributed by atoms with Crippen LogP contribution < -0.4 is 10.6 Å². The first-order valence-electron chi connectivity index (χ1n) is 10.6. The summed E-state index contributed by atoms with van der Waals surface area (Å²) in [5.74, 6) is 0.905. The summed E-state index contributed by atoms with van der Waals surface area (Å²) in [6, 6.07) is 18.3. The number of hydrogen-bond donors (Lipinski definition) is 2. The summed E-state index contributed by atoms with van der Waals surface area (Å²) in [5.41, 5.74) is 3.17. The average molecular weight is 522 g/mol. The number of halogens is 1. The third-order valence-corrected chi connectivity index (χ3v) is 4.79. The fourth-order valence-electron chi connectivity index (χ4n) is 3.10. The highest BCUT2D eigenvalue weighted by molar-refractivity contribution is 14.0. The Balaban J connectivity index is 0.00000450. The molecule has 0 aliphatic carbocycles. The van der Waals surface area contributed by atoms with Crippen molar-refractivity contribution in [1.82, 2.24) is 15.5 Å². The highest BCUT2D eigenvalue weighted by Crippen LogP contribution is 2.09. The number of rotatable bonds is 10. The molecule has 0 aromatic heterocycles. The van der Waals surface area contributed by atoms with Crippen LogP contribution in [0.15, 0.2) is 59.6 Å². The number of aliphatic imine (C=N–C) groups is 1. The van der Waals surface area contributed by atoms with Crippen molar-refractivity contribution in [3.63, 3.8) is 0 Å². The molecule has 0 radical (unpaired) electrons. The summed E-state index contributed by atoms with van der Waals surface area (Å²) in [7, 11) is 0. The standard InChI is InChI=1S/C24H34N4O.HI/c1-4-25-24(26-18-10-13-20-11-8-7-9-12-20)27-19-21-14-16-22(17-15-21)23(29)28(5-2)6-3;/h7-9,11-12,14-17H,4-6,10,13,18-19H2,1-3H3,(H2,25,26,27);1H. The summed E-state index contributed by atoms with van der Waals surface area (Å²) in [5, 5.41) is 6.69. The van der Waals surface area contributed by atoms with E-state index < -0.39 is 0 Å². The molecule has 2 rings (SSSR count). The number of nitrogens with zero attached hydrogens (tertiary/aromatic N) is 2. The van der Waals surface area contributed by atoms with Crippen molar-refractivity contribution in [2.75, 3.05) is 26.2 Å². The molecule has 0 aliphatic rings. The van der Waals surface area contributed by atoms with Crippen molar-refractivity contribution in [3.8, 4) is 0 Å². The van der Waals surface area contributed by atoms with Crippen LogP contribution in [0.2, 0.25) is 0 Å². The molecule has 164 valence electrons. The third kappa shape index (κ3) is 8.73. The third-order valence-electron chi connectivity index (χ3n) is 4.79. The number of nitrogens with one attached hydrogen (secondary N) is 2. The quantitative estimate of drug-likeness (QED) is 0.210. The van der Waals surface area contributed by atoms with Gasteiger partial charge in [0.05, 0.1) is 6.54 Å². The average Bonchev–Trinajstić information content (AvgIpc) is 2.76. The van der Waals surface area contributed by atoms with E-state index in [9.17, 15) is 4.79 Å². The Labute approximate surface area is 198 Å². The van der Waals surface area contributed by atoms with Crippen LogP contribution in [0, 0.1) is 0 Å². The van der Waals surface area contributed by atoms with Gasteiger partial charge >= 0.3 is 0 Å². The van der Waals surface area contributed by atoms with Gasteiger partial charge < -0.3 is 15.5 Å². The zero-order valence-electron chi connectivity index (χ0n) is 18.4. The predicted octanol–water partition coefficient (Wildman–Crippen LogP) is 4.47. The minimum atomic E-state index is 0. The van der Waals surface area contributed by atoms with Crippen molar-refractivity contribution in [2.24, 2.45) is 4.99 Å². The first-order chi connectivity index (χ1) is 14.2. The molecule has 2 aromatic rings. The molecule has 0 saturated carbocycles. The fourth-order valence-corrected chi connectivity index (χ4v) is 3.10. The number of carbonyl (C=O) groups excluding carboxylic acids is 1. The Morgan fingerprint density at radius 1 is 0.900 bits per heavy atom. The molecule has 0 saturated heterocycles. The second-order valence-corrected chi connectivity index (χ2v) is 6.89. The van der Waals surface area contributed by atoms with E-state index in [1.165, 1.54) is 5.56 Å². The number of carbonyl (C=O) groups is 1. The van der Waals surface area contributed by atoms with Gasteiger partial charge in [-0.2, -0.15) is 0 Å². The number of guanidine groups is 1. The van der Waals surface area contributed by atoms with Crippen molar-refractivity contribution in [3.05, 3.63) is 71.3 Å². The topological polar surface area (TPSA) is 56.7 Å². The lowest BCUT2D eigenvalue weighted by Gasteiger charge is -2.18. The van der Waals surface area contributed by atoms with E-state index in [0.29, 0.717) is 6.54 Å². The number of amides is 1. The van der Waals surface area contributed by atoms with Crippen LogP contribution >= 0.6 is 24.0 Å². The Morgan fingerprint density at radius 3 is 2.17 bits per heavy atom. The van der Waals surface area contributed by atoms with Crippen LogP contribution in [0.25, 0.3) is 0 Å². The number of benzene rings is 2. The SMILES string of the molecule is CCNC(=NCc1ccc(C(=O)N(CC)CC)cc1)NCCCc1ccccc1.I. The minimum Gasteiger partial charge on any atom is -0.357 e. The lowest BCUT2D eigenvalue weighted by molar-refractivity contribution is 0.0773. The Bertz CT molecular complexity index is 759. The molecule has 30 heavy (non-hydrogen) atoms. The predicted molar refractivity (Wildman–Crippen MR) is 137 cm³/mol. The second-order valence-electron chi connectivity index (χ2n) is 6.89. The van der Waals surface area contributed by atoms with Crippen LogP contribution in [-0.2, 0) is 13.0 Å². The maximum atomic E-state index is 12.4. The summed E-state index contributed by atoms with van der Waals surface area (Å²) < 4.78 is 0. The highest BCUT2D eigenvalue weighted by Gasteiger charge is 2.11. The summed E-state index contributed by atoms with van der Waals surface area (Å²) in [6.07, 6.45) is 2.10. The van der Waals surface area contributed by atoms with E-state index in [2.05, 4.69) is 46.8 Å². The molecule has 1 amide bonds. The normalized spacial score (nSPS) is 10.8. The highest BCUT2D eigenvalue weighted by atomic mass is 127. The lowest BCUT2D eigenvalue weighted by Crippen LogP contribution is -2.37. The van der Waals surface area contributed by atoms with E-state index in [1.807, 2.05) is 49.1 Å². The summed E-state index contributed by atoms with van der Waals surface area (Å²) in [6.45, 7) is 9.79. The van der Waals surface area contributed by atoms with Gasteiger partial charge in [0.1, 0.15) is 0 Å². The first kappa shape index (κ1) is 25.9. The summed E-state index contributed by atoms with van der Waals surface area (Å²) in [4.78, 5) is 18.9. The maximum Gasteiger partial charge on any atom is 0.253 e. The first-order valence-corrected chi connectivity index (χ1v) is 10.6. The molecule has 2 N–H and O–H groups in total. The van der Waals surface area contributed by atoms with Crippen LogP contribution in [0.3, 0.4) is 0 Å². The van der Waals surface area contributed by atoms with Crippen molar-refractivity contribution >= 4 is 35.8 Å². The van der Waals surface area contributed by atoms with Crippen LogP contribution in [0.1, 0.15) is 48.7 Å². The van der Waals surface area contributed by atoms with E-state index in [-0.39, 0.29) is 29.9 Å². The van der Waals surface area contributed by atoms with Crippen molar-refractivity contribution < 1.29 is 4.79 Å². The van der Waals surface area contributed by atoms with Crippen molar-refractivity contribution in [2.45, 2.75) is 40.2 Å². The molecule has 0 fully saturated rings. The smallest absolute Gasteiger partial charge is 0.253 e. The van der Waals surface area contributed by atoms with Gasteiger partial charge in [0.15, 0.2) is 5.96 Å². The fraction of sp³-hybridized carbons (Fsp3) is 0.417. The van der Waals surface area contributed by atoms with Gasteiger partial charge in [-0.25, -0.2) is 4.99 Å². The molecule has 2 aromatic carbocycles. The van der Waals surface area contributed by atoms with Crippen LogP contribution in [-0.4, -0.2) is 42.9 Å². The van der Waals surface area contributed by atoms with Gasteiger partial charge in [-0.3, -0.25) is 4.79 Å². The Kier molecular flexibility index (Phi) is 12.8. The second kappa shape index (κ2) is 14.8. The molecule has 0 heterocycles. The van der Waals surface area contributed by atoms with E-state index >= 15 is 0 Å². The van der Waals surface area contributed by atoms with E-state index in [0.717, 1.165) is 56.1 Å². The molecule has 5 nitrogen and oxygen atoms in total. The Morgan fingerprint density at radius 2 is 1.57 bits per heavy atom. The molecular formula is C24H35IN4O. The zero-order chi connectivity index (χ0) is 20.9. The molecule has 0 unspecified atom stereocenters. The van der Waals surface area contributed by atoms with Gasteiger partial charge in [-0.05, 0) is 56.9 Å². The molecular weight excluding hydrogens is 487 g/mol. The van der Waals surface area contributed by atoms with Gasteiger partial charge in [0.2, 0.25) is 0 Å². The largest absolute Gasteiger partial charge is 0.357 e. The zero-order valence-corrected chi connectivity index (χ0v) is 20.7. The van der Waals surface area contributed by atoms with Gasteiger partial charge in [-0.1, -0.05) is 42.5 Å². The van der Waals surface area contributed by atoms with E-state index in [4.69, 9.17) is 0 Å². The molecule has 6 heteroatoms. The molecule has 0 aliphatic heterocycles. The Hall–Kier alpha value is -2.09. The minimum absolute atomic E-state index is 0. The molecule has 0 atom stereocenters. The van der Waals surface area contributed by atoms with E-state index in [1.54, 1.807) is 0 Å². The van der Waals surface area contributed by atoms with Crippen molar-refractivity contribution in [1.29, 1.82) is 0 Å². The molecule has 0 spiro atoms. The molecule has 0 bridgehead atoms. The van der Waals surface area contributed by atoms with Gasteiger partial charge in [0, 0.05) is 31.7 Å². The summed E-state index contributed by atoms with van der Waals surface area (Å²) >= 11 is 0. The number of aryl methyl sites for hydroxylation is 1. The van der Waals surface area contributed by atoms with Crippen LogP contribution in [0.5, 0.6) is 0 Å². The van der Waals surface area contributed by atoms with Gasteiger partial charge in [-0.15, -0.1) is 24.0 Å². The maximum absolute atomic E-state index is 12.4. The van der Waals surface area contributed by atoms with Gasteiger partial charge in [0.25, 0.3) is 5.91 Å². The monoisotopic (exact) mass is 522 g/mol. The lowest BCUT2D eigenvalue weighted by atomic mass is 10.1.